The highest BCUT2D eigenvalue weighted by Gasteiger charge is 2.44. The van der Waals surface area contributed by atoms with Crippen LogP contribution in [0.1, 0.15) is 38.5 Å². The first kappa shape index (κ1) is 12.4. The van der Waals surface area contributed by atoms with Gasteiger partial charge < -0.3 is 9.80 Å². The second-order valence-corrected chi connectivity index (χ2v) is 6.21. The number of rotatable bonds is 3. The van der Waals surface area contributed by atoms with Crippen molar-refractivity contribution >= 4 is 5.91 Å². The summed E-state index contributed by atoms with van der Waals surface area (Å²) in [5.74, 6) is 0.623. The largest absolute Gasteiger partial charge is 0.340 e. The molecule has 2 aliphatic heterocycles. The highest BCUT2D eigenvalue weighted by Crippen LogP contribution is 2.34. The lowest BCUT2D eigenvalue weighted by Crippen LogP contribution is -2.52. The van der Waals surface area contributed by atoms with Crippen molar-refractivity contribution in [2.45, 2.75) is 44.2 Å². The Kier molecular flexibility index (Phi) is 3.31. The molecule has 0 aromatic rings. The van der Waals surface area contributed by atoms with Crippen molar-refractivity contribution in [1.82, 2.24) is 9.80 Å². The van der Waals surface area contributed by atoms with E-state index in [2.05, 4.69) is 4.90 Å². The van der Waals surface area contributed by atoms with Crippen LogP contribution in [0.25, 0.3) is 0 Å². The monoisotopic (exact) mass is 254 g/mol. The fourth-order valence-electron chi connectivity index (χ4n) is 3.17. The topological polar surface area (TPSA) is 23.6 Å². The molecule has 0 aromatic heterocycles. The van der Waals surface area contributed by atoms with Crippen molar-refractivity contribution < 1.29 is 9.18 Å². The molecular formula is C14H23FN2O. The molecule has 1 aliphatic carbocycles. The molecule has 18 heavy (non-hydrogen) atoms. The highest BCUT2D eigenvalue weighted by atomic mass is 19.1. The number of carbonyl (C=O) groups excluding carboxylic acids is 1. The Morgan fingerprint density at radius 2 is 1.72 bits per heavy atom. The van der Waals surface area contributed by atoms with Crippen molar-refractivity contribution in [2.75, 3.05) is 32.7 Å². The SMILES string of the molecule is O=C(N1CCCC1)C1(F)CCN(CC2CC2)CC1. The van der Waals surface area contributed by atoms with Crippen LogP contribution >= 0.6 is 0 Å². The van der Waals surface area contributed by atoms with Crippen LogP contribution in [0.5, 0.6) is 0 Å². The number of nitrogens with zero attached hydrogens (tertiary/aromatic N) is 2. The Balaban J connectivity index is 1.53. The zero-order valence-corrected chi connectivity index (χ0v) is 11.0. The average Bonchev–Trinajstić information content (AvgIpc) is 3.02. The van der Waals surface area contributed by atoms with Crippen molar-refractivity contribution in [2.24, 2.45) is 5.92 Å². The van der Waals surface area contributed by atoms with Gasteiger partial charge in [0.25, 0.3) is 5.91 Å². The lowest BCUT2D eigenvalue weighted by atomic mass is 9.91. The van der Waals surface area contributed by atoms with Crippen LogP contribution in [0.15, 0.2) is 0 Å². The number of alkyl halides is 1. The molecule has 2 saturated heterocycles. The Bertz CT molecular complexity index is 316. The first-order valence-corrected chi connectivity index (χ1v) is 7.38. The third kappa shape index (κ3) is 2.53. The molecule has 0 unspecified atom stereocenters. The number of carbonyl (C=O) groups is 1. The fourth-order valence-corrected chi connectivity index (χ4v) is 3.17. The molecule has 3 fully saturated rings. The smallest absolute Gasteiger partial charge is 0.260 e. The molecule has 0 atom stereocenters. The van der Waals surface area contributed by atoms with E-state index >= 15 is 0 Å². The lowest BCUT2D eigenvalue weighted by molar-refractivity contribution is -0.146. The molecule has 1 saturated carbocycles. The van der Waals surface area contributed by atoms with Crippen molar-refractivity contribution in [3.8, 4) is 0 Å². The molecule has 3 nitrogen and oxygen atoms in total. The number of hydrogen-bond donors (Lipinski definition) is 0. The molecule has 0 bridgehead atoms. The second-order valence-electron chi connectivity index (χ2n) is 6.21. The van der Waals surface area contributed by atoms with E-state index in [1.54, 1.807) is 4.90 Å². The third-order valence-corrected chi connectivity index (χ3v) is 4.64. The fraction of sp³-hybridized carbons (Fsp3) is 0.929. The van der Waals surface area contributed by atoms with E-state index in [9.17, 15) is 9.18 Å². The van der Waals surface area contributed by atoms with E-state index in [0.717, 1.165) is 51.5 Å². The Morgan fingerprint density at radius 1 is 1.11 bits per heavy atom. The van der Waals surface area contributed by atoms with Crippen molar-refractivity contribution in [3.63, 3.8) is 0 Å². The van der Waals surface area contributed by atoms with Crippen molar-refractivity contribution in [3.05, 3.63) is 0 Å². The summed E-state index contributed by atoms with van der Waals surface area (Å²) >= 11 is 0. The van der Waals surface area contributed by atoms with Crippen molar-refractivity contribution in [1.29, 1.82) is 0 Å². The Hall–Kier alpha value is -0.640. The van der Waals surface area contributed by atoms with Gasteiger partial charge in [-0.2, -0.15) is 0 Å². The Morgan fingerprint density at radius 3 is 2.28 bits per heavy atom. The van der Waals surface area contributed by atoms with Gasteiger partial charge >= 0.3 is 0 Å². The van der Waals surface area contributed by atoms with Gasteiger partial charge in [-0.25, -0.2) is 4.39 Å². The highest BCUT2D eigenvalue weighted by molar-refractivity contribution is 5.85. The van der Waals surface area contributed by atoms with Gasteiger partial charge in [0, 0.05) is 45.6 Å². The summed E-state index contributed by atoms with van der Waals surface area (Å²) in [5, 5.41) is 0. The third-order valence-electron chi connectivity index (χ3n) is 4.64. The number of halogens is 1. The number of amides is 1. The van der Waals surface area contributed by atoms with Crippen LogP contribution in [-0.4, -0.2) is 54.1 Å². The summed E-state index contributed by atoms with van der Waals surface area (Å²) in [7, 11) is 0. The van der Waals surface area contributed by atoms with E-state index in [1.165, 1.54) is 12.8 Å². The molecular weight excluding hydrogens is 231 g/mol. The van der Waals surface area contributed by atoms with E-state index < -0.39 is 5.67 Å². The van der Waals surface area contributed by atoms with Gasteiger partial charge in [0.2, 0.25) is 0 Å². The van der Waals surface area contributed by atoms with Crippen LogP contribution in [0.3, 0.4) is 0 Å². The predicted octanol–water partition coefficient (Wildman–Crippen LogP) is 1.82. The van der Waals surface area contributed by atoms with Gasteiger partial charge in [0.1, 0.15) is 0 Å². The standard InChI is InChI=1S/C14H23FN2O/c15-14(13(18)17-7-1-2-8-17)5-9-16(10-6-14)11-12-3-4-12/h12H,1-11H2. The number of likely N-dealkylation sites (tertiary alicyclic amines) is 2. The summed E-state index contributed by atoms with van der Waals surface area (Å²) in [6.45, 7) is 4.15. The lowest BCUT2D eigenvalue weighted by Gasteiger charge is -2.37. The quantitative estimate of drug-likeness (QED) is 0.767. The minimum absolute atomic E-state index is 0.230. The Labute approximate surface area is 108 Å². The van der Waals surface area contributed by atoms with E-state index in [1.807, 2.05) is 0 Å². The van der Waals surface area contributed by atoms with Crippen LogP contribution < -0.4 is 0 Å². The van der Waals surface area contributed by atoms with Crippen LogP contribution in [0.2, 0.25) is 0 Å². The van der Waals surface area contributed by atoms with E-state index in [-0.39, 0.29) is 5.91 Å². The minimum Gasteiger partial charge on any atom is -0.340 e. The van der Waals surface area contributed by atoms with Gasteiger partial charge in [0.05, 0.1) is 0 Å². The molecule has 102 valence electrons. The zero-order chi connectivity index (χ0) is 12.6. The van der Waals surface area contributed by atoms with Crippen LogP contribution in [0.4, 0.5) is 4.39 Å². The molecule has 0 aromatic carbocycles. The molecule has 0 radical (unpaired) electrons. The predicted molar refractivity (Wildman–Crippen MR) is 68.1 cm³/mol. The summed E-state index contributed by atoms with van der Waals surface area (Å²) in [5.41, 5.74) is -1.57. The van der Waals surface area contributed by atoms with Gasteiger partial charge in [-0.05, 0) is 31.6 Å². The maximum Gasteiger partial charge on any atom is 0.260 e. The average molecular weight is 254 g/mol. The van der Waals surface area contributed by atoms with Gasteiger partial charge in [-0.3, -0.25) is 4.79 Å². The zero-order valence-electron chi connectivity index (χ0n) is 11.0. The first-order valence-electron chi connectivity index (χ1n) is 7.38. The summed E-state index contributed by atoms with van der Waals surface area (Å²) in [6, 6.07) is 0. The second kappa shape index (κ2) is 4.80. The maximum atomic E-state index is 14.7. The molecule has 3 rings (SSSR count). The first-order chi connectivity index (χ1) is 8.67. The normalized spacial score (nSPS) is 28.6. The number of hydrogen-bond acceptors (Lipinski definition) is 2. The number of piperidine rings is 1. The van der Waals surface area contributed by atoms with E-state index in [0.29, 0.717) is 12.8 Å². The van der Waals surface area contributed by atoms with Crippen LogP contribution in [-0.2, 0) is 4.79 Å². The van der Waals surface area contributed by atoms with Crippen LogP contribution in [0, 0.1) is 5.92 Å². The molecule has 4 heteroatoms. The maximum absolute atomic E-state index is 14.7. The molecule has 2 heterocycles. The molecule has 0 N–H and O–H groups in total. The molecule has 0 spiro atoms. The minimum atomic E-state index is -1.57. The van der Waals surface area contributed by atoms with Gasteiger partial charge in [-0.1, -0.05) is 0 Å². The summed E-state index contributed by atoms with van der Waals surface area (Å²) in [6.07, 6.45) is 5.54. The summed E-state index contributed by atoms with van der Waals surface area (Å²) in [4.78, 5) is 16.3. The molecule has 1 amide bonds. The van der Waals surface area contributed by atoms with E-state index in [4.69, 9.17) is 0 Å². The van der Waals surface area contributed by atoms with Gasteiger partial charge in [-0.15, -0.1) is 0 Å². The molecule has 3 aliphatic rings. The van der Waals surface area contributed by atoms with Gasteiger partial charge in [0.15, 0.2) is 5.67 Å². The summed E-state index contributed by atoms with van der Waals surface area (Å²) < 4.78 is 14.7.